The molecule has 0 aromatic heterocycles. The van der Waals surface area contributed by atoms with Crippen LogP contribution in [0.5, 0.6) is 0 Å². The number of nitrogen functional groups attached to an aromatic ring is 1. The Balaban J connectivity index is 2.17. The van der Waals surface area contributed by atoms with Gasteiger partial charge < -0.3 is 5.73 Å². The molecule has 0 unspecified atom stereocenters. The summed E-state index contributed by atoms with van der Waals surface area (Å²) < 4.78 is 4.24. The van der Waals surface area contributed by atoms with E-state index in [0.29, 0.717) is 6.16 Å². The highest BCUT2D eigenvalue weighted by Gasteiger charge is 2.48. The first kappa shape index (κ1) is 12.8. The van der Waals surface area contributed by atoms with Crippen molar-refractivity contribution >= 4 is 13.5 Å². The summed E-state index contributed by atoms with van der Waals surface area (Å²) in [7, 11) is 1.87. The Hall–Kier alpha value is -0.670. The number of rotatable bonds is 2. The third-order valence-corrected chi connectivity index (χ3v) is 6.81. The molecule has 3 N–H and O–H groups in total. The first-order valence-corrected chi connectivity index (χ1v) is 7.74. The van der Waals surface area contributed by atoms with Crippen LogP contribution in [0.3, 0.4) is 0 Å². The van der Waals surface area contributed by atoms with Gasteiger partial charge in [0.05, 0.1) is 0 Å². The fourth-order valence-electron chi connectivity index (χ4n) is 2.22. The third-order valence-electron chi connectivity index (χ3n) is 3.43. The summed E-state index contributed by atoms with van der Waals surface area (Å²) in [6.07, 6.45) is 1.83. The number of hydrogen-bond acceptors (Lipinski definition) is 4. The molecule has 1 saturated heterocycles. The Labute approximate surface area is 104 Å². The average molecular weight is 254 g/mol. The van der Waals surface area contributed by atoms with Crippen molar-refractivity contribution in [3.05, 3.63) is 29.8 Å². The van der Waals surface area contributed by atoms with Crippen molar-refractivity contribution < 1.29 is 4.89 Å². The third kappa shape index (κ3) is 2.61. The topological polar surface area (TPSA) is 52.7 Å². The van der Waals surface area contributed by atoms with E-state index in [0.717, 1.165) is 30.8 Å². The molecule has 0 bridgehead atoms. The van der Waals surface area contributed by atoms with Crippen LogP contribution >= 0.6 is 7.79 Å². The van der Waals surface area contributed by atoms with E-state index < -0.39 is 7.79 Å². The van der Waals surface area contributed by atoms with Gasteiger partial charge in [-0.15, -0.1) is 9.34 Å². The van der Waals surface area contributed by atoms with Crippen molar-refractivity contribution in [1.29, 1.82) is 0 Å². The molecule has 4 nitrogen and oxygen atoms in total. The minimum absolute atomic E-state index is 0.709. The Bertz CT molecular complexity index is 372. The minimum Gasteiger partial charge on any atom is -0.399 e. The molecule has 1 aliphatic rings. The highest BCUT2D eigenvalue weighted by Crippen LogP contribution is 2.63. The Morgan fingerprint density at radius 3 is 2.24 bits per heavy atom. The van der Waals surface area contributed by atoms with Gasteiger partial charge in [0.2, 0.25) is 0 Å². The summed E-state index contributed by atoms with van der Waals surface area (Å²) in [4.78, 5) is 10.9. The number of anilines is 1. The second-order valence-electron chi connectivity index (χ2n) is 4.71. The molecule has 94 valence electrons. The van der Waals surface area contributed by atoms with Crippen LogP contribution < -0.4 is 5.73 Å². The maximum Gasteiger partial charge on any atom is 0.289 e. The van der Waals surface area contributed by atoms with Crippen LogP contribution in [0, 0.1) is 0 Å². The molecule has 0 saturated carbocycles. The Morgan fingerprint density at radius 1 is 1.18 bits per heavy atom. The molecule has 1 aromatic carbocycles. The van der Waals surface area contributed by atoms with Gasteiger partial charge in [-0.3, -0.25) is 0 Å². The highest BCUT2D eigenvalue weighted by molar-refractivity contribution is 7.64. The van der Waals surface area contributed by atoms with Crippen molar-refractivity contribution in [2.45, 2.75) is 12.6 Å². The molecule has 17 heavy (non-hydrogen) atoms. The van der Waals surface area contributed by atoms with E-state index in [9.17, 15) is 4.89 Å². The van der Waals surface area contributed by atoms with Gasteiger partial charge in [0.15, 0.2) is 0 Å². The largest absolute Gasteiger partial charge is 0.399 e. The standard InChI is InChI=1S/C12H21N3OP/c1-14-8-3-9-15(2)17(14,16)10-11-4-6-12(13)7-5-11/h4-7,16H,3,8-10,13H2,1-2H3/q+1. The summed E-state index contributed by atoms with van der Waals surface area (Å²) in [5, 5.41) is 0. The monoisotopic (exact) mass is 254 g/mol. The van der Waals surface area contributed by atoms with Crippen LogP contribution in [0.25, 0.3) is 0 Å². The summed E-state index contributed by atoms with van der Waals surface area (Å²) in [6.45, 7) is 1.95. The first-order valence-electron chi connectivity index (χ1n) is 5.91. The van der Waals surface area contributed by atoms with Gasteiger partial charge in [0, 0.05) is 32.9 Å². The highest BCUT2D eigenvalue weighted by atomic mass is 31.2. The second-order valence-corrected chi connectivity index (χ2v) is 7.78. The van der Waals surface area contributed by atoms with E-state index in [1.165, 1.54) is 0 Å². The molecule has 1 aromatic rings. The maximum absolute atomic E-state index is 10.9. The van der Waals surface area contributed by atoms with Gasteiger partial charge in [-0.05, 0) is 24.1 Å². The molecular weight excluding hydrogens is 233 g/mol. The van der Waals surface area contributed by atoms with Crippen LogP contribution in [-0.4, -0.2) is 41.4 Å². The summed E-state index contributed by atoms with van der Waals surface area (Å²) >= 11 is 0. The maximum atomic E-state index is 10.9. The predicted molar refractivity (Wildman–Crippen MR) is 73.6 cm³/mol. The lowest BCUT2D eigenvalue weighted by atomic mass is 10.2. The SMILES string of the molecule is CN1CCCN(C)[P+]1(O)Cc1ccc(N)cc1. The molecular formula is C12H21N3OP+. The summed E-state index contributed by atoms with van der Waals surface area (Å²) in [6, 6.07) is 7.80. The van der Waals surface area contributed by atoms with Crippen molar-refractivity contribution in [1.82, 2.24) is 9.34 Å². The molecule has 0 radical (unpaired) electrons. The lowest BCUT2D eigenvalue weighted by Crippen LogP contribution is -2.39. The van der Waals surface area contributed by atoms with Crippen LogP contribution in [-0.2, 0) is 6.16 Å². The molecule has 0 spiro atoms. The van der Waals surface area contributed by atoms with Gasteiger partial charge in [0.1, 0.15) is 6.16 Å². The van der Waals surface area contributed by atoms with Crippen LogP contribution in [0.2, 0.25) is 0 Å². The average Bonchev–Trinajstić information content (AvgIpc) is 2.30. The molecule has 0 atom stereocenters. The number of hydrogen-bond donors (Lipinski definition) is 2. The van der Waals surface area contributed by atoms with E-state index in [-0.39, 0.29) is 0 Å². The fraction of sp³-hybridized carbons (Fsp3) is 0.500. The molecule has 1 aliphatic heterocycles. The van der Waals surface area contributed by atoms with Gasteiger partial charge in [-0.25, -0.2) is 4.89 Å². The van der Waals surface area contributed by atoms with E-state index in [1.807, 2.05) is 38.4 Å². The molecule has 5 heteroatoms. The van der Waals surface area contributed by atoms with Crippen molar-refractivity contribution in [2.24, 2.45) is 0 Å². The first-order chi connectivity index (χ1) is 8.02. The Kier molecular flexibility index (Phi) is 3.69. The van der Waals surface area contributed by atoms with E-state index in [4.69, 9.17) is 5.73 Å². The minimum atomic E-state index is -2.16. The lowest BCUT2D eigenvalue weighted by molar-refractivity contribution is 0.303. The molecule has 0 amide bonds. The zero-order chi connectivity index (χ0) is 12.5. The van der Waals surface area contributed by atoms with Crippen LogP contribution in [0.15, 0.2) is 24.3 Å². The smallest absolute Gasteiger partial charge is 0.289 e. The van der Waals surface area contributed by atoms with Gasteiger partial charge in [-0.2, -0.15) is 0 Å². The number of nitrogens with zero attached hydrogens (tertiary/aromatic N) is 2. The van der Waals surface area contributed by atoms with Gasteiger partial charge >= 0.3 is 0 Å². The normalized spacial score (nSPS) is 21.6. The number of nitrogens with two attached hydrogens (primary N) is 1. The predicted octanol–water partition coefficient (Wildman–Crippen LogP) is 1.79. The van der Waals surface area contributed by atoms with Crippen LogP contribution in [0.4, 0.5) is 5.69 Å². The zero-order valence-corrected chi connectivity index (χ0v) is 11.4. The Morgan fingerprint density at radius 2 is 1.71 bits per heavy atom. The lowest BCUT2D eigenvalue weighted by Gasteiger charge is -2.38. The molecule has 1 heterocycles. The van der Waals surface area contributed by atoms with E-state index >= 15 is 0 Å². The summed E-state index contributed by atoms with van der Waals surface area (Å²) in [5.74, 6) is 0. The fourth-order valence-corrected chi connectivity index (χ4v) is 4.85. The molecule has 2 rings (SSSR count). The van der Waals surface area contributed by atoms with Gasteiger partial charge in [-0.1, -0.05) is 12.1 Å². The second kappa shape index (κ2) is 4.91. The summed E-state index contributed by atoms with van der Waals surface area (Å²) in [5.41, 5.74) is 7.59. The van der Waals surface area contributed by atoms with Crippen molar-refractivity contribution in [2.75, 3.05) is 32.9 Å². The number of benzene rings is 1. The quantitative estimate of drug-likeness (QED) is 0.624. The molecule has 1 fully saturated rings. The molecule has 0 aliphatic carbocycles. The van der Waals surface area contributed by atoms with E-state index in [1.54, 1.807) is 0 Å². The van der Waals surface area contributed by atoms with Gasteiger partial charge in [0.25, 0.3) is 7.79 Å². The van der Waals surface area contributed by atoms with Crippen molar-refractivity contribution in [3.8, 4) is 0 Å². The zero-order valence-electron chi connectivity index (χ0n) is 10.5. The van der Waals surface area contributed by atoms with Crippen molar-refractivity contribution in [3.63, 3.8) is 0 Å². The van der Waals surface area contributed by atoms with E-state index in [2.05, 4.69) is 9.34 Å². The van der Waals surface area contributed by atoms with Crippen LogP contribution in [0.1, 0.15) is 12.0 Å².